The molecule has 23 heavy (non-hydrogen) atoms. The van der Waals surface area contributed by atoms with Gasteiger partial charge in [0.25, 0.3) is 11.6 Å². The highest BCUT2D eigenvalue weighted by Gasteiger charge is 2.17. The fraction of sp³-hybridized carbons (Fsp3) is 0.125. The van der Waals surface area contributed by atoms with Crippen LogP contribution in [0.1, 0.15) is 21.5 Å². The van der Waals surface area contributed by atoms with Crippen molar-refractivity contribution < 1.29 is 9.72 Å². The molecular formula is C16H15N3O3S. The molecule has 0 aliphatic carbocycles. The van der Waals surface area contributed by atoms with Gasteiger partial charge in [0.1, 0.15) is 0 Å². The standard InChI is InChI=1S/C16H15N3O3S/c1-11-14(4-3-5-15(11)19(21)22)16(20)18-17-10-12-6-8-13(23-2)9-7-12/h3-10H,1-2H3,(H,18,20)/b17-10+. The van der Waals surface area contributed by atoms with Crippen molar-refractivity contribution in [2.45, 2.75) is 11.8 Å². The second kappa shape index (κ2) is 7.55. The molecule has 0 bridgehead atoms. The van der Waals surface area contributed by atoms with Crippen LogP contribution in [-0.4, -0.2) is 23.3 Å². The lowest BCUT2D eigenvalue weighted by Crippen LogP contribution is -2.19. The first-order chi connectivity index (χ1) is 11.0. The maximum absolute atomic E-state index is 12.1. The van der Waals surface area contributed by atoms with Gasteiger partial charge in [-0.15, -0.1) is 11.8 Å². The zero-order chi connectivity index (χ0) is 16.8. The molecule has 0 aliphatic rings. The Labute approximate surface area is 137 Å². The van der Waals surface area contributed by atoms with Crippen LogP contribution in [-0.2, 0) is 0 Å². The number of amides is 1. The van der Waals surface area contributed by atoms with E-state index in [0.717, 1.165) is 10.5 Å². The molecule has 7 heteroatoms. The number of nitrogens with zero attached hydrogens (tertiary/aromatic N) is 2. The van der Waals surface area contributed by atoms with E-state index in [0.29, 0.717) is 5.56 Å². The van der Waals surface area contributed by atoms with Crippen LogP contribution in [0.25, 0.3) is 0 Å². The lowest BCUT2D eigenvalue weighted by atomic mass is 10.1. The van der Waals surface area contributed by atoms with Gasteiger partial charge in [0, 0.05) is 16.5 Å². The van der Waals surface area contributed by atoms with E-state index in [-0.39, 0.29) is 11.3 Å². The number of hydrazone groups is 1. The van der Waals surface area contributed by atoms with Crippen molar-refractivity contribution in [3.05, 3.63) is 69.3 Å². The first-order valence-corrected chi connectivity index (χ1v) is 7.97. The Kier molecular flexibility index (Phi) is 5.48. The number of nitro benzene ring substituents is 1. The topological polar surface area (TPSA) is 84.6 Å². The third-order valence-corrected chi connectivity index (χ3v) is 3.99. The van der Waals surface area contributed by atoms with Crippen LogP contribution in [0, 0.1) is 17.0 Å². The summed E-state index contributed by atoms with van der Waals surface area (Å²) < 4.78 is 0. The average molecular weight is 329 g/mol. The molecule has 6 nitrogen and oxygen atoms in total. The highest BCUT2D eigenvalue weighted by atomic mass is 32.2. The number of hydrogen-bond acceptors (Lipinski definition) is 5. The highest BCUT2D eigenvalue weighted by molar-refractivity contribution is 7.98. The Morgan fingerprint density at radius 1 is 1.26 bits per heavy atom. The molecule has 118 valence electrons. The third-order valence-electron chi connectivity index (χ3n) is 3.24. The molecule has 0 saturated carbocycles. The molecule has 0 aliphatic heterocycles. The van der Waals surface area contributed by atoms with E-state index in [9.17, 15) is 14.9 Å². The summed E-state index contributed by atoms with van der Waals surface area (Å²) in [5.41, 5.74) is 3.69. The van der Waals surface area contributed by atoms with Crippen LogP contribution >= 0.6 is 11.8 Å². The van der Waals surface area contributed by atoms with Gasteiger partial charge in [0.05, 0.1) is 16.7 Å². The molecule has 0 heterocycles. The molecule has 0 radical (unpaired) electrons. The summed E-state index contributed by atoms with van der Waals surface area (Å²) in [7, 11) is 0. The quantitative estimate of drug-likeness (QED) is 0.394. The third kappa shape index (κ3) is 4.17. The van der Waals surface area contributed by atoms with Crippen molar-refractivity contribution in [3.8, 4) is 0 Å². The van der Waals surface area contributed by atoms with Crippen LogP contribution < -0.4 is 5.43 Å². The number of carbonyl (C=O) groups excluding carboxylic acids is 1. The predicted molar refractivity (Wildman–Crippen MR) is 91.1 cm³/mol. The Bertz CT molecular complexity index is 758. The summed E-state index contributed by atoms with van der Waals surface area (Å²) in [6.07, 6.45) is 3.51. The van der Waals surface area contributed by atoms with E-state index >= 15 is 0 Å². The van der Waals surface area contributed by atoms with Gasteiger partial charge in [-0.3, -0.25) is 14.9 Å². The lowest BCUT2D eigenvalue weighted by Gasteiger charge is -2.04. The Morgan fingerprint density at radius 2 is 1.96 bits per heavy atom. The summed E-state index contributed by atoms with van der Waals surface area (Å²) in [5.74, 6) is -0.483. The van der Waals surface area contributed by atoms with Gasteiger partial charge < -0.3 is 0 Å². The van der Waals surface area contributed by atoms with Gasteiger partial charge in [0.15, 0.2) is 0 Å². The summed E-state index contributed by atoms with van der Waals surface area (Å²) >= 11 is 1.64. The second-order valence-corrected chi connectivity index (χ2v) is 5.56. The van der Waals surface area contributed by atoms with Gasteiger partial charge in [-0.25, -0.2) is 5.43 Å². The molecule has 0 fully saturated rings. The van der Waals surface area contributed by atoms with Gasteiger partial charge in [-0.2, -0.15) is 5.10 Å². The number of hydrogen-bond donors (Lipinski definition) is 1. The van der Waals surface area contributed by atoms with Crippen LogP contribution in [0.15, 0.2) is 52.5 Å². The van der Waals surface area contributed by atoms with Crippen LogP contribution in [0.5, 0.6) is 0 Å². The zero-order valence-electron chi connectivity index (χ0n) is 12.6. The van der Waals surface area contributed by atoms with Gasteiger partial charge in [0.2, 0.25) is 0 Å². The molecule has 2 aromatic rings. The number of benzene rings is 2. The molecule has 0 saturated heterocycles. The number of carbonyl (C=O) groups is 1. The summed E-state index contributed by atoms with van der Waals surface area (Å²) in [5, 5.41) is 14.8. The minimum absolute atomic E-state index is 0.0886. The van der Waals surface area contributed by atoms with Crippen molar-refractivity contribution >= 4 is 29.6 Å². The van der Waals surface area contributed by atoms with Crippen molar-refractivity contribution in [1.29, 1.82) is 0 Å². The first-order valence-electron chi connectivity index (χ1n) is 6.74. The van der Waals surface area contributed by atoms with Crippen LogP contribution in [0.3, 0.4) is 0 Å². The molecule has 0 spiro atoms. The normalized spacial score (nSPS) is 10.7. The Hall–Kier alpha value is -2.67. The SMILES string of the molecule is CSc1ccc(/C=N/NC(=O)c2cccc([N+](=O)[O-])c2C)cc1. The highest BCUT2D eigenvalue weighted by Crippen LogP contribution is 2.20. The number of nitro groups is 1. The number of rotatable bonds is 5. The molecule has 0 aromatic heterocycles. The molecular weight excluding hydrogens is 314 g/mol. The van der Waals surface area contributed by atoms with Crippen molar-refractivity contribution in [2.24, 2.45) is 5.10 Å². The monoisotopic (exact) mass is 329 g/mol. The second-order valence-electron chi connectivity index (χ2n) is 4.68. The van der Waals surface area contributed by atoms with Gasteiger partial charge in [-0.1, -0.05) is 18.2 Å². The largest absolute Gasteiger partial charge is 0.273 e. The molecule has 1 N–H and O–H groups in total. The maximum atomic E-state index is 12.1. The fourth-order valence-corrected chi connectivity index (χ4v) is 2.39. The molecule has 2 rings (SSSR count). The van der Waals surface area contributed by atoms with Crippen LogP contribution in [0.4, 0.5) is 5.69 Å². The first kappa shape index (κ1) is 16.7. The van der Waals surface area contributed by atoms with Gasteiger partial charge >= 0.3 is 0 Å². The summed E-state index contributed by atoms with van der Waals surface area (Å²) in [6, 6.07) is 12.1. The van der Waals surface area contributed by atoms with Crippen molar-refractivity contribution in [2.75, 3.05) is 6.26 Å². The molecule has 2 aromatic carbocycles. The minimum Gasteiger partial charge on any atom is -0.267 e. The van der Waals surface area contributed by atoms with E-state index in [1.54, 1.807) is 11.8 Å². The predicted octanol–water partition coefficient (Wildman–Crippen LogP) is 3.39. The minimum atomic E-state index is -0.511. The van der Waals surface area contributed by atoms with E-state index in [4.69, 9.17) is 0 Å². The van der Waals surface area contributed by atoms with E-state index < -0.39 is 10.8 Å². The summed E-state index contributed by atoms with van der Waals surface area (Å²) in [4.78, 5) is 23.6. The maximum Gasteiger partial charge on any atom is 0.273 e. The van der Waals surface area contributed by atoms with E-state index in [1.807, 2.05) is 30.5 Å². The molecule has 0 unspecified atom stereocenters. The van der Waals surface area contributed by atoms with Gasteiger partial charge in [-0.05, 0) is 36.9 Å². The Balaban J connectivity index is 2.08. The lowest BCUT2D eigenvalue weighted by molar-refractivity contribution is -0.385. The van der Waals surface area contributed by atoms with Crippen molar-refractivity contribution in [1.82, 2.24) is 5.43 Å². The van der Waals surface area contributed by atoms with E-state index in [2.05, 4.69) is 10.5 Å². The Morgan fingerprint density at radius 3 is 2.57 bits per heavy atom. The van der Waals surface area contributed by atoms with E-state index in [1.165, 1.54) is 31.3 Å². The van der Waals surface area contributed by atoms with Crippen molar-refractivity contribution in [3.63, 3.8) is 0 Å². The average Bonchev–Trinajstić information content (AvgIpc) is 2.55. The fourth-order valence-electron chi connectivity index (χ4n) is 1.98. The molecule has 1 amide bonds. The van der Waals surface area contributed by atoms with Crippen LogP contribution in [0.2, 0.25) is 0 Å². The zero-order valence-corrected chi connectivity index (χ0v) is 13.5. The smallest absolute Gasteiger partial charge is 0.267 e. The number of thioether (sulfide) groups is 1. The molecule has 0 atom stereocenters. The number of nitrogens with one attached hydrogen (secondary N) is 1. The summed E-state index contributed by atoms with van der Waals surface area (Å²) in [6.45, 7) is 1.54.